The Kier molecular flexibility index (Phi) is 6.55. The van der Waals surface area contributed by atoms with Crippen LogP contribution in [-0.2, 0) is 25.5 Å². The van der Waals surface area contributed by atoms with Crippen molar-refractivity contribution >= 4 is 29.5 Å². The molecule has 1 saturated heterocycles. The number of imide groups is 1. The summed E-state index contributed by atoms with van der Waals surface area (Å²) in [5.41, 5.74) is 6.75. The number of nitrogens with two attached hydrogens (primary N) is 1. The second-order valence-corrected chi connectivity index (χ2v) is 6.84. The van der Waals surface area contributed by atoms with Crippen molar-refractivity contribution < 1.29 is 23.9 Å². The lowest BCUT2D eigenvalue weighted by atomic mass is 10.1. The topological polar surface area (TPSA) is 119 Å². The average molecular weight is 375 g/mol. The molecule has 0 radical (unpaired) electrons. The number of primary amides is 1. The van der Waals surface area contributed by atoms with E-state index in [2.05, 4.69) is 0 Å². The molecular formula is C19H25N3O5. The number of para-hydroxylation sites is 1. The molecule has 1 heterocycles. The third-order valence-corrected chi connectivity index (χ3v) is 4.48. The number of anilines is 1. The number of urea groups is 1. The quantitative estimate of drug-likeness (QED) is 0.728. The Morgan fingerprint density at radius 1 is 1.30 bits per heavy atom. The first-order chi connectivity index (χ1) is 12.7. The maximum Gasteiger partial charge on any atom is 0.318 e. The number of carbonyl (C=O) groups is 4. The van der Waals surface area contributed by atoms with Crippen molar-refractivity contribution in [3.63, 3.8) is 0 Å². The summed E-state index contributed by atoms with van der Waals surface area (Å²) in [5.74, 6) is -2.62. The van der Waals surface area contributed by atoms with E-state index in [-0.39, 0.29) is 24.8 Å². The molecule has 8 heteroatoms. The third-order valence-electron chi connectivity index (χ3n) is 4.48. The molecule has 0 saturated carbocycles. The normalized spacial score (nSPS) is 17.7. The van der Waals surface area contributed by atoms with Crippen molar-refractivity contribution in [1.82, 2.24) is 5.32 Å². The second-order valence-electron chi connectivity index (χ2n) is 6.84. The minimum Gasteiger partial charge on any atom is -0.452 e. The maximum absolute atomic E-state index is 12.5. The smallest absolute Gasteiger partial charge is 0.318 e. The molecule has 1 aliphatic rings. The number of amides is 4. The lowest BCUT2D eigenvalue weighted by Crippen LogP contribution is -2.46. The summed E-state index contributed by atoms with van der Waals surface area (Å²) in [6.45, 7) is 5.55. The van der Waals surface area contributed by atoms with Crippen LogP contribution >= 0.6 is 0 Å². The number of ether oxygens (including phenoxy) is 1. The van der Waals surface area contributed by atoms with Crippen molar-refractivity contribution in [1.29, 1.82) is 0 Å². The van der Waals surface area contributed by atoms with Crippen LogP contribution in [0, 0.1) is 11.8 Å². The number of hydrogen-bond acceptors (Lipinski definition) is 5. The van der Waals surface area contributed by atoms with E-state index >= 15 is 0 Å². The van der Waals surface area contributed by atoms with Crippen molar-refractivity contribution in [3.8, 4) is 0 Å². The van der Waals surface area contributed by atoms with Crippen LogP contribution in [0.2, 0.25) is 0 Å². The van der Waals surface area contributed by atoms with Crippen LogP contribution in [0.1, 0.15) is 32.8 Å². The van der Waals surface area contributed by atoms with Crippen molar-refractivity contribution in [2.24, 2.45) is 17.6 Å². The third kappa shape index (κ3) is 4.84. The van der Waals surface area contributed by atoms with Crippen LogP contribution in [-0.4, -0.2) is 36.5 Å². The fourth-order valence-corrected chi connectivity index (χ4v) is 3.08. The zero-order valence-corrected chi connectivity index (χ0v) is 15.7. The molecule has 0 unspecified atom stereocenters. The van der Waals surface area contributed by atoms with Gasteiger partial charge in [-0.15, -0.1) is 0 Å². The molecule has 0 aromatic heterocycles. The number of nitrogens with zero attached hydrogens (tertiary/aromatic N) is 1. The molecule has 1 aliphatic heterocycles. The molecule has 0 aliphatic carbocycles. The van der Waals surface area contributed by atoms with E-state index in [9.17, 15) is 19.2 Å². The van der Waals surface area contributed by atoms with Gasteiger partial charge in [0.05, 0.1) is 5.92 Å². The minimum atomic E-state index is -1.16. The summed E-state index contributed by atoms with van der Waals surface area (Å²) in [5, 5.41) is 1.92. The zero-order valence-electron chi connectivity index (χ0n) is 15.7. The standard InChI is InChI=1S/C19H25N3O5/c1-4-12-7-5-6-8-14(12)22-10-13(9-15(22)23)18(25)27-16(11(2)3)17(24)21-19(20)26/h5-8,11,13,16H,4,9-10H2,1-3H3,(H3,20,21,24,26)/t13-,16+/m0/s1. The van der Waals surface area contributed by atoms with E-state index in [4.69, 9.17) is 10.5 Å². The second kappa shape index (κ2) is 8.66. The largest absolute Gasteiger partial charge is 0.452 e. The van der Waals surface area contributed by atoms with Gasteiger partial charge in [0.25, 0.3) is 5.91 Å². The van der Waals surface area contributed by atoms with E-state index in [1.807, 2.05) is 36.5 Å². The molecule has 2 rings (SSSR count). The van der Waals surface area contributed by atoms with Crippen molar-refractivity contribution in [3.05, 3.63) is 29.8 Å². The molecule has 1 aromatic rings. The summed E-state index contributed by atoms with van der Waals surface area (Å²) >= 11 is 0. The minimum absolute atomic E-state index is 0.0130. The molecule has 0 spiro atoms. The molecule has 4 amide bonds. The molecule has 2 atom stereocenters. The summed E-state index contributed by atoms with van der Waals surface area (Å²) in [6, 6.07) is 6.52. The fraction of sp³-hybridized carbons (Fsp3) is 0.474. The Morgan fingerprint density at radius 2 is 1.96 bits per heavy atom. The number of hydrogen-bond donors (Lipinski definition) is 2. The highest BCUT2D eigenvalue weighted by Crippen LogP contribution is 2.29. The van der Waals surface area contributed by atoms with Gasteiger partial charge in [-0.25, -0.2) is 4.79 Å². The first-order valence-corrected chi connectivity index (χ1v) is 8.93. The van der Waals surface area contributed by atoms with Crippen molar-refractivity contribution in [2.75, 3.05) is 11.4 Å². The van der Waals surface area contributed by atoms with Crippen LogP contribution in [0.25, 0.3) is 0 Å². The summed E-state index contributed by atoms with van der Waals surface area (Å²) < 4.78 is 5.31. The highest BCUT2D eigenvalue weighted by atomic mass is 16.5. The molecule has 1 fully saturated rings. The van der Waals surface area contributed by atoms with E-state index < -0.39 is 29.9 Å². The van der Waals surface area contributed by atoms with Crippen LogP contribution in [0.4, 0.5) is 10.5 Å². The van der Waals surface area contributed by atoms with E-state index in [1.54, 1.807) is 18.7 Å². The molecular weight excluding hydrogens is 350 g/mol. The summed E-state index contributed by atoms with van der Waals surface area (Å²) in [6.07, 6.45) is -0.381. The summed E-state index contributed by atoms with van der Waals surface area (Å²) in [7, 11) is 0. The lowest BCUT2D eigenvalue weighted by Gasteiger charge is -2.22. The molecule has 3 N–H and O–H groups in total. The predicted molar refractivity (Wildman–Crippen MR) is 98.7 cm³/mol. The number of nitrogens with one attached hydrogen (secondary N) is 1. The highest BCUT2D eigenvalue weighted by Gasteiger charge is 2.39. The Balaban J connectivity index is 2.10. The lowest BCUT2D eigenvalue weighted by molar-refractivity contribution is -0.161. The van der Waals surface area contributed by atoms with Gasteiger partial charge in [0.2, 0.25) is 5.91 Å². The number of aryl methyl sites for hydroxylation is 1. The molecule has 146 valence electrons. The van der Waals surface area contributed by atoms with Gasteiger partial charge in [0.1, 0.15) is 0 Å². The van der Waals surface area contributed by atoms with Gasteiger partial charge in [-0.3, -0.25) is 19.7 Å². The molecule has 27 heavy (non-hydrogen) atoms. The van der Waals surface area contributed by atoms with Gasteiger partial charge in [-0.1, -0.05) is 39.0 Å². The first-order valence-electron chi connectivity index (χ1n) is 8.93. The number of rotatable bonds is 6. The highest BCUT2D eigenvalue weighted by molar-refractivity contribution is 6.01. The zero-order chi connectivity index (χ0) is 20.1. The fourth-order valence-electron chi connectivity index (χ4n) is 3.08. The Morgan fingerprint density at radius 3 is 2.56 bits per heavy atom. The maximum atomic E-state index is 12.5. The van der Waals surface area contributed by atoms with Gasteiger partial charge in [-0.05, 0) is 24.0 Å². The van der Waals surface area contributed by atoms with E-state index in [0.29, 0.717) is 0 Å². The average Bonchev–Trinajstić information content (AvgIpc) is 3.00. The van der Waals surface area contributed by atoms with Crippen LogP contribution in [0.5, 0.6) is 0 Å². The Labute approximate surface area is 158 Å². The van der Waals surface area contributed by atoms with Crippen LogP contribution < -0.4 is 16.0 Å². The van der Waals surface area contributed by atoms with Crippen molar-refractivity contribution in [2.45, 2.75) is 39.7 Å². The van der Waals surface area contributed by atoms with Gasteiger partial charge in [-0.2, -0.15) is 0 Å². The SMILES string of the molecule is CCc1ccccc1N1C[C@@H](C(=O)O[C@@H](C(=O)NC(N)=O)C(C)C)CC1=O. The number of esters is 1. The van der Waals surface area contributed by atoms with Crippen LogP contribution in [0.3, 0.4) is 0 Å². The summed E-state index contributed by atoms with van der Waals surface area (Å²) in [4.78, 5) is 49.4. The first kappa shape index (κ1) is 20.4. The number of benzene rings is 1. The van der Waals surface area contributed by atoms with E-state index in [1.165, 1.54) is 0 Å². The predicted octanol–water partition coefficient (Wildman–Crippen LogP) is 1.36. The van der Waals surface area contributed by atoms with E-state index in [0.717, 1.165) is 17.7 Å². The van der Waals surface area contributed by atoms with Gasteiger partial charge < -0.3 is 15.4 Å². The van der Waals surface area contributed by atoms with Crippen LogP contribution in [0.15, 0.2) is 24.3 Å². The van der Waals surface area contributed by atoms with Gasteiger partial charge in [0.15, 0.2) is 6.10 Å². The number of carbonyl (C=O) groups excluding carboxylic acids is 4. The Hall–Kier alpha value is -2.90. The van der Waals surface area contributed by atoms with Gasteiger partial charge in [0, 0.05) is 18.7 Å². The molecule has 8 nitrogen and oxygen atoms in total. The molecule has 0 bridgehead atoms. The molecule has 1 aromatic carbocycles. The monoisotopic (exact) mass is 375 g/mol. The van der Waals surface area contributed by atoms with Gasteiger partial charge >= 0.3 is 12.0 Å². The Bertz CT molecular complexity index is 747.